The van der Waals surface area contributed by atoms with E-state index in [0.717, 1.165) is 23.4 Å². The van der Waals surface area contributed by atoms with E-state index in [-0.39, 0.29) is 11.7 Å². The number of hydrogen-bond donors (Lipinski definition) is 1. The lowest BCUT2D eigenvalue weighted by Crippen LogP contribution is -2.51. The first-order chi connectivity index (χ1) is 15.3. The molecule has 1 heterocycles. The minimum absolute atomic E-state index is 0.181. The largest absolute Gasteiger partial charge is 0.360 e. The fourth-order valence-electron chi connectivity index (χ4n) is 3.72. The van der Waals surface area contributed by atoms with E-state index in [4.69, 9.17) is 34.8 Å². The number of nitrogens with zero attached hydrogens (tertiary/aromatic N) is 2. The summed E-state index contributed by atoms with van der Waals surface area (Å²) in [5.74, 6) is -2.00. The number of benzene rings is 3. The molecule has 1 aliphatic heterocycles. The summed E-state index contributed by atoms with van der Waals surface area (Å²) in [5, 5.41) is 4.28. The smallest absolute Gasteiger partial charge is 0.321 e. The van der Waals surface area contributed by atoms with Gasteiger partial charge >= 0.3 is 6.03 Å². The van der Waals surface area contributed by atoms with Gasteiger partial charge in [-0.3, -0.25) is 0 Å². The SMILES string of the molecule is O=C(Nc1ccc(F)c(F)c1)N1CCN(c2ccc(Cl)cc2Cl)C(c2ccc(Cl)cc2)C1. The number of piperazine rings is 1. The minimum atomic E-state index is -1.02. The fraction of sp³-hybridized carbons (Fsp3) is 0.174. The topological polar surface area (TPSA) is 35.6 Å². The van der Waals surface area contributed by atoms with Crippen molar-refractivity contribution in [3.63, 3.8) is 0 Å². The Bertz CT molecular complexity index is 1140. The Hall–Kier alpha value is -2.54. The van der Waals surface area contributed by atoms with Gasteiger partial charge in [0.25, 0.3) is 0 Å². The van der Waals surface area contributed by atoms with Gasteiger partial charge in [-0.05, 0) is 48.0 Å². The average Bonchev–Trinajstić information content (AvgIpc) is 2.77. The van der Waals surface area contributed by atoms with Gasteiger partial charge in [0.05, 0.1) is 16.8 Å². The standard InChI is InChI=1S/C23H18Cl3F2N3O/c24-15-3-1-14(2-4-15)22-13-30(23(32)29-17-6-7-19(27)20(28)12-17)9-10-31(22)21-8-5-16(25)11-18(21)26/h1-8,11-12,22H,9-10,13H2,(H,29,32). The first kappa shape index (κ1) is 22.6. The van der Waals surface area contributed by atoms with E-state index in [0.29, 0.717) is 34.7 Å². The number of carbonyl (C=O) groups excluding carboxylic acids is 1. The van der Waals surface area contributed by atoms with Crippen LogP contribution in [0.1, 0.15) is 11.6 Å². The van der Waals surface area contributed by atoms with Crippen LogP contribution in [0, 0.1) is 11.6 Å². The predicted molar refractivity (Wildman–Crippen MR) is 125 cm³/mol. The van der Waals surface area contributed by atoms with Crippen LogP contribution in [0.5, 0.6) is 0 Å². The highest BCUT2D eigenvalue weighted by atomic mass is 35.5. The molecule has 0 saturated carbocycles. The number of rotatable bonds is 3. The van der Waals surface area contributed by atoms with Gasteiger partial charge in [-0.2, -0.15) is 0 Å². The molecular weight excluding hydrogens is 479 g/mol. The molecule has 4 rings (SSSR count). The summed E-state index contributed by atoms with van der Waals surface area (Å²) in [6, 6.07) is 15.3. The summed E-state index contributed by atoms with van der Waals surface area (Å²) in [6.45, 7) is 1.24. The second kappa shape index (κ2) is 9.53. The van der Waals surface area contributed by atoms with Gasteiger partial charge in [0.15, 0.2) is 11.6 Å². The van der Waals surface area contributed by atoms with Gasteiger partial charge in [-0.15, -0.1) is 0 Å². The van der Waals surface area contributed by atoms with E-state index < -0.39 is 17.7 Å². The Balaban J connectivity index is 1.60. The maximum absolute atomic E-state index is 13.5. The summed E-state index contributed by atoms with van der Waals surface area (Å²) in [7, 11) is 0. The summed E-state index contributed by atoms with van der Waals surface area (Å²) in [6.07, 6.45) is 0. The van der Waals surface area contributed by atoms with Crippen molar-refractivity contribution in [2.75, 3.05) is 29.9 Å². The van der Waals surface area contributed by atoms with Crippen LogP contribution in [0.2, 0.25) is 15.1 Å². The molecule has 1 aliphatic rings. The van der Waals surface area contributed by atoms with Gasteiger partial charge in [0.1, 0.15) is 0 Å². The maximum atomic E-state index is 13.5. The minimum Gasteiger partial charge on any atom is -0.360 e. The molecule has 3 aromatic rings. The van der Waals surface area contributed by atoms with Crippen LogP contribution in [0.3, 0.4) is 0 Å². The van der Waals surface area contributed by atoms with Crippen LogP contribution >= 0.6 is 34.8 Å². The summed E-state index contributed by atoms with van der Waals surface area (Å²) in [5.41, 5.74) is 1.93. The number of halogens is 5. The van der Waals surface area contributed by atoms with Crippen molar-refractivity contribution >= 4 is 52.2 Å². The van der Waals surface area contributed by atoms with Crippen molar-refractivity contribution in [3.05, 3.63) is 92.9 Å². The summed E-state index contributed by atoms with van der Waals surface area (Å²) >= 11 is 18.6. The molecule has 166 valence electrons. The van der Waals surface area contributed by atoms with Crippen LogP contribution in [0.25, 0.3) is 0 Å². The zero-order chi connectivity index (χ0) is 22.8. The van der Waals surface area contributed by atoms with E-state index >= 15 is 0 Å². The number of carbonyl (C=O) groups is 1. The third-order valence-corrected chi connectivity index (χ3v) is 6.10. The molecule has 9 heteroatoms. The van der Waals surface area contributed by atoms with E-state index in [1.165, 1.54) is 6.07 Å². The van der Waals surface area contributed by atoms with Crippen LogP contribution < -0.4 is 10.2 Å². The molecule has 32 heavy (non-hydrogen) atoms. The molecule has 0 bridgehead atoms. The van der Waals surface area contributed by atoms with Crippen molar-refractivity contribution in [1.29, 1.82) is 0 Å². The Labute approximate surface area is 199 Å². The molecular formula is C23H18Cl3F2N3O. The first-order valence-electron chi connectivity index (χ1n) is 9.80. The van der Waals surface area contributed by atoms with Crippen LogP contribution in [-0.4, -0.2) is 30.6 Å². The van der Waals surface area contributed by atoms with Crippen LogP contribution in [0.4, 0.5) is 25.0 Å². The Morgan fingerprint density at radius 3 is 2.28 bits per heavy atom. The molecule has 0 aliphatic carbocycles. The highest BCUT2D eigenvalue weighted by Crippen LogP contribution is 2.37. The molecule has 3 aromatic carbocycles. The molecule has 1 fully saturated rings. The molecule has 2 amide bonds. The van der Waals surface area contributed by atoms with Gasteiger partial charge < -0.3 is 15.1 Å². The van der Waals surface area contributed by atoms with E-state index in [1.54, 1.807) is 29.2 Å². The molecule has 1 atom stereocenters. The van der Waals surface area contributed by atoms with E-state index in [9.17, 15) is 13.6 Å². The number of amides is 2. The van der Waals surface area contributed by atoms with Crippen molar-refractivity contribution in [1.82, 2.24) is 4.90 Å². The molecule has 1 N–H and O–H groups in total. The second-order valence-electron chi connectivity index (χ2n) is 7.36. The third kappa shape index (κ3) is 4.93. The molecule has 4 nitrogen and oxygen atoms in total. The average molecular weight is 497 g/mol. The summed E-state index contributed by atoms with van der Waals surface area (Å²) in [4.78, 5) is 16.6. The lowest BCUT2D eigenvalue weighted by atomic mass is 10.0. The molecule has 0 spiro atoms. The van der Waals surface area contributed by atoms with Gasteiger partial charge in [-0.1, -0.05) is 46.9 Å². The van der Waals surface area contributed by atoms with Crippen molar-refractivity contribution in [3.8, 4) is 0 Å². The maximum Gasteiger partial charge on any atom is 0.321 e. The second-order valence-corrected chi connectivity index (χ2v) is 8.64. The molecule has 1 saturated heterocycles. The zero-order valence-electron chi connectivity index (χ0n) is 16.7. The van der Waals surface area contributed by atoms with Crippen LogP contribution in [-0.2, 0) is 0 Å². The Morgan fingerprint density at radius 1 is 0.875 bits per heavy atom. The van der Waals surface area contributed by atoms with E-state index in [1.807, 2.05) is 18.2 Å². The number of hydrogen-bond acceptors (Lipinski definition) is 2. The summed E-state index contributed by atoms with van der Waals surface area (Å²) < 4.78 is 26.7. The lowest BCUT2D eigenvalue weighted by Gasteiger charge is -2.43. The predicted octanol–water partition coefficient (Wildman–Crippen LogP) is 7.02. The first-order valence-corrected chi connectivity index (χ1v) is 10.9. The number of urea groups is 1. The van der Waals surface area contributed by atoms with Gasteiger partial charge in [0, 0.05) is 41.4 Å². The highest BCUT2D eigenvalue weighted by Gasteiger charge is 2.32. The van der Waals surface area contributed by atoms with Crippen molar-refractivity contribution < 1.29 is 13.6 Å². The van der Waals surface area contributed by atoms with Crippen molar-refractivity contribution in [2.24, 2.45) is 0 Å². The van der Waals surface area contributed by atoms with Crippen LogP contribution in [0.15, 0.2) is 60.7 Å². The molecule has 1 unspecified atom stereocenters. The Kier molecular flexibility index (Phi) is 6.74. The molecule has 0 aromatic heterocycles. The number of nitrogens with one attached hydrogen (secondary N) is 1. The fourth-order valence-corrected chi connectivity index (χ4v) is 4.36. The normalized spacial score (nSPS) is 16.2. The highest BCUT2D eigenvalue weighted by molar-refractivity contribution is 6.36. The zero-order valence-corrected chi connectivity index (χ0v) is 18.9. The van der Waals surface area contributed by atoms with Gasteiger partial charge in [0.2, 0.25) is 0 Å². The molecule has 0 radical (unpaired) electrons. The number of anilines is 2. The quantitative estimate of drug-likeness (QED) is 0.423. The monoisotopic (exact) mass is 495 g/mol. The Morgan fingerprint density at radius 2 is 1.59 bits per heavy atom. The third-order valence-electron chi connectivity index (χ3n) is 5.31. The van der Waals surface area contributed by atoms with Crippen molar-refractivity contribution in [2.45, 2.75) is 6.04 Å². The lowest BCUT2D eigenvalue weighted by molar-refractivity contribution is 0.198. The van der Waals surface area contributed by atoms with E-state index in [2.05, 4.69) is 10.2 Å². The van der Waals surface area contributed by atoms with Gasteiger partial charge in [-0.25, -0.2) is 13.6 Å².